The molecular weight excluding hydrogens is 144 g/mol. The summed E-state index contributed by atoms with van der Waals surface area (Å²) in [4.78, 5) is 13.7. The van der Waals surface area contributed by atoms with Crippen LogP contribution in [0, 0.1) is 5.39 Å². The van der Waals surface area contributed by atoms with Crippen LogP contribution in [0.2, 0.25) is 0 Å². The highest BCUT2D eigenvalue weighted by molar-refractivity contribution is 5.68. The quantitative estimate of drug-likeness (QED) is 0.461. The Balaban J connectivity index is 3.72. The summed E-state index contributed by atoms with van der Waals surface area (Å²) in [5.41, 5.74) is -0.690. The summed E-state index contributed by atoms with van der Waals surface area (Å²) >= 11 is 0. The fraction of sp³-hybridized carbons (Fsp3) is 0.857. The minimum Gasteiger partial charge on any atom is -0.457 e. The Kier molecular flexibility index (Phi) is 3.52. The fourth-order valence-corrected chi connectivity index (χ4v) is 0.388. The third kappa shape index (κ3) is 4.31. The lowest BCUT2D eigenvalue weighted by Gasteiger charge is -2.04. The van der Waals surface area contributed by atoms with E-state index in [2.05, 4.69) is 4.98 Å². The van der Waals surface area contributed by atoms with Gasteiger partial charge in [-0.25, -0.2) is 0 Å². The zero-order valence-electron chi connectivity index (χ0n) is 7.13. The van der Waals surface area contributed by atoms with Gasteiger partial charge >= 0.3 is 11.5 Å². The number of ether oxygens (including phenoxy) is 1. The molecule has 0 aliphatic rings. The number of hydrogen-bond acceptors (Lipinski definition) is 3. The van der Waals surface area contributed by atoms with Gasteiger partial charge < -0.3 is 4.74 Å². The second-order valence-electron chi connectivity index (χ2n) is 2.93. The maximum Gasteiger partial charge on any atom is 0.350 e. The topological polar surface area (TPSA) is 54.5 Å². The van der Waals surface area contributed by atoms with Crippen molar-refractivity contribution in [1.82, 2.24) is 0 Å². The summed E-state index contributed by atoms with van der Waals surface area (Å²) in [5.74, 6) is -0.276. The highest BCUT2D eigenvalue weighted by Gasteiger charge is 2.32. The first-order valence-electron chi connectivity index (χ1n) is 3.53. The molecule has 0 radical (unpaired) electrons. The molecule has 0 saturated carbocycles. The summed E-state index contributed by atoms with van der Waals surface area (Å²) in [7, 11) is 0. The molecule has 0 aromatic heterocycles. The van der Waals surface area contributed by atoms with Crippen LogP contribution in [-0.2, 0) is 9.53 Å². The van der Waals surface area contributed by atoms with Crippen molar-refractivity contribution < 1.29 is 9.53 Å². The van der Waals surface area contributed by atoms with E-state index < -0.39 is 5.54 Å². The molecule has 0 aromatic rings. The van der Waals surface area contributed by atoms with Crippen LogP contribution in [0.25, 0.3) is 4.98 Å². The van der Waals surface area contributed by atoms with Gasteiger partial charge in [0.2, 0.25) is 5.39 Å². The van der Waals surface area contributed by atoms with E-state index in [1.807, 2.05) is 0 Å². The largest absolute Gasteiger partial charge is 0.457 e. The second kappa shape index (κ2) is 3.91. The van der Waals surface area contributed by atoms with Crippen LogP contribution in [0.4, 0.5) is 0 Å². The molecule has 0 atom stereocenters. The van der Waals surface area contributed by atoms with Gasteiger partial charge in [0.05, 0.1) is 0 Å². The Hall–Kier alpha value is -1.11. The molecule has 4 heteroatoms. The van der Waals surface area contributed by atoms with Gasteiger partial charge in [0.1, 0.15) is 4.98 Å². The summed E-state index contributed by atoms with van der Waals surface area (Å²) in [6.45, 7) is 5.19. The molecule has 0 unspecified atom stereocenters. The van der Waals surface area contributed by atoms with Crippen molar-refractivity contribution in [2.75, 3.05) is 6.61 Å². The fourth-order valence-electron chi connectivity index (χ4n) is 0.388. The standard InChI is InChI=1S/C7H13N2O2/c1-4-6(10)11-5-7(2,3)9-8/h4-5H2,1-3H3/q+1. The van der Waals surface area contributed by atoms with Crippen LogP contribution < -0.4 is 0 Å². The monoisotopic (exact) mass is 157 g/mol. The van der Waals surface area contributed by atoms with E-state index in [1.165, 1.54) is 0 Å². The van der Waals surface area contributed by atoms with E-state index in [-0.39, 0.29) is 12.6 Å². The van der Waals surface area contributed by atoms with Crippen molar-refractivity contribution in [3.05, 3.63) is 4.98 Å². The number of esters is 1. The normalized spacial score (nSPS) is 10.4. The third-order valence-electron chi connectivity index (χ3n) is 1.15. The van der Waals surface area contributed by atoms with E-state index in [9.17, 15) is 4.79 Å². The molecule has 0 amide bonds. The first-order chi connectivity index (χ1) is 5.02. The van der Waals surface area contributed by atoms with Crippen molar-refractivity contribution in [3.63, 3.8) is 0 Å². The van der Waals surface area contributed by atoms with Gasteiger partial charge in [-0.05, 0) is 0 Å². The van der Waals surface area contributed by atoms with Gasteiger partial charge in [0.15, 0.2) is 6.61 Å². The molecule has 4 nitrogen and oxygen atoms in total. The van der Waals surface area contributed by atoms with Crippen LogP contribution >= 0.6 is 0 Å². The lowest BCUT2D eigenvalue weighted by Crippen LogP contribution is -2.24. The van der Waals surface area contributed by atoms with E-state index in [0.29, 0.717) is 6.42 Å². The number of diazo groups is 1. The highest BCUT2D eigenvalue weighted by Crippen LogP contribution is 2.08. The van der Waals surface area contributed by atoms with Gasteiger partial charge in [-0.3, -0.25) is 4.79 Å². The van der Waals surface area contributed by atoms with Crippen molar-refractivity contribution in [1.29, 1.82) is 5.39 Å². The number of carbonyl (C=O) groups excluding carboxylic acids is 1. The van der Waals surface area contributed by atoms with Crippen LogP contribution in [0.15, 0.2) is 0 Å². The summed E-state index contributed by atoms with van der Waals surface area (Å²) < 4.78 is 4.75. The van der Waals surface area contributed by atoms with Crippen molar-refractivity contribution in [2.45, 2.75) is 32.7 Å². The molecule has 0 bridgehead atoms. The third-order valence-corrected chi connectivity index (χ3v) is 1.15. The molecule has 0 saturated heterocycles. The lowest BCUT2D eigenvalue weighted by atomic mass is 10.1. The smallest absolute Gasteiger partial charge is 0.350 e. The molecule has 11 heavy (non-hydrogen) atoms. The number of rotatable bonds is 3. The molecule has 62 valence electrons. The zero-order valence-corrected chi connectivity index (χ0v) is 7.13. The molecule has 0 heterocycles. The minimum absolute atomic E-state index is 0.121. The summed E-state index contributed by atoms with van der Waals surface area (Å²) in [5, 5.41) is 8.41. The molecular formula is C7H13N2O2+. The average Bonchev–Trinajstić information content (AvgIpc) is 2.00. The first-order valence-corrected chi connectivity index (χ1v) is 3.53. The minimum atomic E-state index is -0.690. The SMILES string of the molecule is CCC(=O)OCC(C)(C)[N+]#N. The Bertz CT molecular complexity index is 181. The van der Waals surface area contributed by atoms with Crippen LogP contribution in [-0.4, -0.2) is 18.1 Å². The van der Waals surface area contributed by atoms with E-state index >= 15 is 0 Å². The van der Waals surface area contributed by atoms with Crippen molar-refractivity contribution in [2.24, 2.45) is 0 Å². The van der Waals surface area contributed by atoms with Crippen LogP contribution in [0.1, 0.15) is 27.2 Å². The number of nitrogens with zero attached hydrogens (tertiary/aromatic N) is 2. The molecule has 0 aliphatic carbocycles. The molecule has 0 aromatic carbocycles. The first kappa shape index (κ1) is 9.89. The van der Waals surface area contributed by atoms with Gasteiger partial charge in [0.25, 0.3) is 0 Å². The van der Waals surface area contributed by atoms with E-state index in [0.717, 1.165) is 0 Å². The Labute approximate surface area is 66.2 Å². The maximum atomic E-state index is 10.6. The van der Waals surface area contributed by atoms with Gasteiger partial charge in [-0.15, -0.1) is 0 Å². The van der Waals surface area contributed by atoms with Crippen LogP contribution in [0.5, 0.6) is 0 Å². The molecule has 0 aliphatic heterocycles. The number of hydrogen-bond donors (Lipinski definition) is 0. The average molecular weight is 157 g/mol. The van der Waals surface area contributed by atoms with Gasteiger partial charge in [0, 0.05) is 20.3 Å². The predicted molar refractivity (Wildman–Crippen MR) is 40.4 cm³/mol. The Morgan fingerprint density at radius 1 is 1.64 bits per heavy atom. The summed E-state index contributed by atoms with van der Waals surface area (Å²) in [6, 6.07) is 0. The molecule has 0 N–H and O–H groups in total. The van der Waals surface area contributed by atoms with Gasteiger partial charge in [-0.2, -0.15) is 0 Å². The molecule has 0 fully saturated rings. The van der Waals surface area contributed by atoms with E-state index in [1.54, 1.807) is 20.8 Å². The number of carbonyl (C=O) groups is 1. The van der Waals surface area contributed by atoms with Crippen LogP contribution in [0.3, 0.4) is 0 Å². The van der Waals surface area contributed by atoms with Crippen molar-refractivity contribution in [3.8, 4) is 0 Å². The van der Waals surface area contributed by atoms with Crippen molar-refractivity contribution >= 4 is 5.97 Å². The zero-order chi connectivity index (χ0) is 8.91. The van der Waals surface area contributed by atoms with E-state index in [4.69, 9.17) is 10.1 Å². The maximum absolute atomic E-state index is 10.6. The lowest BCUT2D eigenvalue weighted by molar-refractivity contribution is -0.144. The highest BCUT2D eigenvalue weighted by atomic mass is 16.5. The summed E-state index contributed by atoms with van der Waals surface area (Å²) in [6.07, 6.45) is 0.349. The Morgan fingerprint density at radius 3 is 2.55 bits per heavy atom. The second-order valence-corrected chi connectivity index (χ2v) is 2.93. The predicted octanol–water partition coefficient (Wildman–Crippen LogP) is 1.57. The molecule has 0 rings (SSSR count). The van der Waals surface area contributed by atoms with Gasteiger partial charge in [-0.1, -0.05) is 6.92 Å². The molecule has 0 spiro atoms. The Morgan fingerprint density at radius 2 is 2.18 bits per heavy atom.